The summed E-state index contributed by atoms with van der Waals surface area (Å²) in [6.07, 6.45) is -8.63. The average molecular weight is 439 g/mol. The first-order valence-electron chi connectivity index (χ1n) is 7.85. The fraction of sp³-hybridized carbons (Fsp3) is 0.333. The lowest BCUT2D eigenvalue weighted by Gasteiger charge is -2.20. The summed E-state index contributed by atoms with van der Waals surface area (Å²) in [5.41, 5.74) is -1.44. The van der Waals surface area contributed by atoms with Crippen LogP contribution in [0, 0.1) is 0 Å². The van der Waals surface area contributed by atoms with E-state index < -0.39 is 47.1 Å². The Bertz CT molecular complexity index is 911. The third-order valence-corrected chi connectivity index (χ3v) is 4.75. The summed E-state index contributed by atoms with van der Waals surface area (Å²) in [4.78, 5) is 30.3. The molecule has 0 aliphatic carbocycles. The summed E-state index contributed by atoms with van der Waals surface area (Å²) in [6, 6.07) is -1.29. The molecular formula is C15H11F6N5O2S. The Labute approximate surface area is 162 Å². The van der Waals surface area contributed by atoms with Gasteiger partial charge in [0.25, 0.3) is 0 Å². The predicted molar refractivity (Wildman–Crippen MR) is 86.7 cm³/mol. The predicted octanol–water partition coefficient (Wildman–Crippen LogP) is 2.46. The summed E-state index contributed by atoms with van der Waals surface area (Å²) in [7, 11) is 0. The van der Waals surface area contributed by atoms with Crippen LogP contribution in [-0.4, -0.2) is 34.5 Å². The highest BCUT2D eigenvalue weighted by Crippen LogP contribution is 2.34. The molecule has 3 N–H and O–H groups in total. The minimum atomic E-state index is -4.72. The van der Waals surface area contributed by atoms with Gasteiger partial charge in [-0.05, 0) is 11.6 Å². The van der Waals surface area contributed by atoms with Crippen LogP contribution < -0.4 is 16.0 Å². The van der Waals surface area contributed by atoms with Crippen LogP contribution in [0.1, 0.15) is 28.0 Å². The zero-order valence-corrected chi connectivity index (χ0v) is 14.9. The molecule has 1 fully saturated rings. The molecule has 0 radical (unpaired) electrons. The van der Waals surface area contributed by atoms with E-state index >= 15 is 0 Å². The Morgan fingerprint density at radius 1 is 1.21 bits per heavy atom. The number of nitrogens with zero attached hydrogens (tertiary/aromatic N) is 2. The molecule has 29 heavy (non-hydrogen) atoms. The van der Waals surface area contributed by atoms with Gasteiger partial charge in [0.15, 0.2) is 5.01 Å². The molecule has 0 bridgehead atoms. The number of carbonyl (C=O) groups is 2. The van der Waals surface area contributed by atoms with Crippen molar-refractivity contribution in [3.05, 3.63) is 45.7 Å². The first kappa shape index (κ1) is 20.8. The second-order valence-corrected chi connectivity index (χ2v) is 6.76. The van der Waals surface area contributed by atoms with Gasteiger partial charge in [0, 0.05) is 18.1 Å². The van der Waals surface area contributed by atoms with E-state index in [0.717, 1.165) is 17.6 Å². The van der Waals surface area contributed by atoms with Crippen molar-refractivity contribution in [2.75, 3.05) is 6.54 Å². The van der Waals surface area contributed by atoms with E-state index in [1.54, 1.807) is 0 Å². The molecule has 1 unspecified atom stereocenters. The maximum atomic E-state index is 12.9. The second kappa shape index (κ2) is 7.50. The van der Waals surface area contributed by atoms with Crippen LogP contribution in [-0.2, 0) is 17.1 Å². The lowest BCUT2D eigenvalue weighted by Crippen LogP contribution is -2.44. The Morgan fingerprint density at radius 2 is 1.93 bits per heavy atom. The van der Waals surface area contributed by atoms with Crippen LogP contribution in [0.2, 0.25) is 0 Å². The number of aromatic nitrogens is 2. The molecule has 3 rings (SSSR count). The first-order chi connectivity index (χ1) is 13.4. The average Bonchev–Trinajstić information content (AvgIpc) is 3.28. The maximum absolute atomic E-state index is 12.9. The molecule has 1 aliphatic rings. The molecule has 3 amide bonds. The van der Waals surface area contributed by atoms with Gasteiger partial charge in [-0.25, -0.2) is 9.78 Å². The number of nitrogens with one attached hydrogen (secondary N) is 3. The van der Waals surface area contributed by atoms with Crippen molar-refractivity contribution in [2.45, 2.75) is 24.4 Å². The van der Waals surface area contributed by atoms with Crippen LogP contribution >= 0.6 is 11.3 Å². The Morgan fingerprint density at radius 3 is 2.41 bits per heavy atom. The van der Waals surface area contributed by atoms with Gasteiger partial charge >= 0.3 is 18.4 Å². The van der Waals surface area contributed by atoms with Crippen molar-refractivity contribution in [3.8, 4) is 0 Å². The van der Waals surface area contributed by atoms with Gasteiger partial charge in [0.05, 0.1) is 11.7 Å². The lowest BCUT2D eigenvalue weighted by molar-refractivity contribution is -0.141. The lowest BCUT2D eigenvalue weighted by atomic mass is 10.1. The highest BCUT2D eigenvalue weighted by molar-refractivity contribution is 7.09. The maximum Gasteiger partial charge on any atom is 0.443 e. The molecule has 3 heterocycles. The van der Waals surface area contributed by atoms with E-state index in [2.05, 4.69) is 25.9 Å². The highest BCUT2D eigenvalue weighted by atomic mass is 32.1. The zero-order valence-electron chi connectivity index (χ0n) is 14.1. The van der Waals surface area contributed by atoms with E-state index in [9.17, 15) is 35.9 Å². The van der Waals surface area contributed by atoms with Crippen molar-refractivity contribution in [2.24, 2.45) is 0 Å². The molecule has 0 spiro atoms. The van der Waals surface area contributed by atoms with Crippen LogP contribution in [0.3, 0.4) is 0 Å². The van der Waals surface area contributed by atoms with Gasteiger partial charge in [-0.1, -0.05) is 6.07 Å². The van der Waals surface area contributed by atoms with E-state index in [-0.39, 0.29) is 29.1 Å². The number of carbonyl (C=O) groups excluding carboxylic acids is 2. The fourth-order valence-corrected chi connectivity index (χ4v) is 3.19. The number of halogens is 6. The van der Waals surface area contributed by atoms with Gasteiger partial charge in [-0.3, -0.25) is 9.78 Å². The van der Waals surface area contributed by atoms with Crippen LogP contribution in [0.4, 0.5) is 31.1 Å². The Hall–Kier alpha value is -2.90. The normalized spacial score (nSPS) is 18.1. The number of hydrogen-bond donors (Lipinski definition) is 3. The molecule has 1 aliphatic heterocycles. The van der Waals surface area contributed by atoms with Crippen molar-refractivity contribution in [3.63, 3.8) is 0 Å². The van der Waals surface area contributed by atoms with Gasteiger partial charge in [0.2, 0.25) is 5.91 Å². The summed E-state index contributed by atoms with van der Waals surface area (Å²) >= 11 is 0.277. The van der Waals surface area contributed by atoms with Gasteiger partial charge in [-0.2, -0.15) is 26.3 Å². The monoisotopic (exact) mass is 439 g/mol. The Kier molecular flexibility index (Phi) is 5.38. The molecule has 156 valence electrons. The Balaban J connectivity index is 1.92. The van der Waals surface area contributed by atoms with Crippen LogP contribution in [0.25, 0.3) is 0 Å². The summed E-state index contributed by atoms with van der Waals surface area (Å²) in [5.74, 6) is -0.755. The molecule has 2 atom stereocenters. The molecular weight excluding hydrogens is 428 g/mol. The summed E-state index contributed by atoms with van der Waals surface area (Å²) in [5, 5.41) is 6.89. The van der Waals surface area contributed by atoms with Crippen molar-refractivity contribution in [1.82, 2.24) is 25.9 Å². The molecule has 0 saturated carbocycles. The third-order valence-electron chi connectivity index (χ3n) is 3.85. The standard InChI is InChI=1S/C15H11F6N5O2S/c16-14(17,18)9-2-1-6(3-22-9)10(8-5-29-12(24-8)15(19,20)21)26-11(27)7-4-23-13(28)25-7/h1-3,5,7,10H,4H2,(H,26,27)(H2,23,25,28)/t7?,10-/m0/s1. The van der Waals surface area contributed by atoms with Crippen molar-refractivity contribution < 1.29 is 35.9 Å². The second-order valence-electron chi connectivity index (χ2n) is 5.90. The van der Waals surface area contributed by atoms with Gasteiger partial charge in [0.1, 0.15) is 11.7 Å². The summed E-state index contributed by atoms with van der Waals surface area (Å²) in [6.45, 7) is -0.0620. The van der Waals surface area contributed by atoms with E-state index in [1.165, 1.54) is 0 Å². The number of alkyl halides is 6. The van der Waals surface area contributed by atoms with E-state index in [4.69, 9.17) is 0 Å². The van der Waals surface area contributed by atoms with E-state index in [1.807, 2.05) is 0 Å². The number of thiazole rings is 1. The SMILES string of the molecule is O=C1NCC(C(=O)N[C@@H](c2ccc(C(F)(F)F)nc2)c2csc(C(F)(F)F)n2)N1. The minimum absolute atomic E-state index is 0.0114. The first-order valence-corrected chi connectivity index (χ1v) is 8.73. The number of rotatable bonds is 4. The zero-order chi connectivity index (χ0) is 21.4. The highest BCUT2D eigenvalue weighted by Gasteiger charge is 2.37. The topological polar surface area (TPSA) is 96.0 Å². The fourth-order valence-electron chi connectivity index (χ4n) is 2.48. The molecule has 7 nitrogen and oxygen atoms in total. The quantitative estimate of drug-likeness (QED) is 0.638. The van der Waals surface area contributed by atoms with E-state index in [0.29, 0.717) is 6.07 Å². The molecule has 1 saturated heterocycles. The van der Waals surface area contributed by atoms with Crippen LogP contribution in [0.15, 0.2) is 23.7 Å². The molecule has 2 aromatic rings. The largest absolute Gasteiger partial charge is 0.443 e. The number of urea groups is 1. The third kappa shape index (κ3) is 4.75. The van der Waals surface area contributed by atoms with Gasteiger partial charge in [-0.15, -0.1) is 11.3 Å². The number of pyridine rings is 1. The minimum Gasteiger partial charge on any atom is -0.342 e. The smallest absolute Gasteiger partial charge is 0.342 e. The van der Waals surface area contributed by atoms with Crippen molar-refractivity contribution >= 4 is 23.3 Å². The van der Waals surface area contributed by atoms with Crippen LogP contribution in [0.5, 0.6) is 0 Å². The molecule has 14 heteroatoms. The molecule has 2 aromatic heterocycles. The summed E-state index contributed by atoms with van der Waals surface area (Å²) < 4.78 is 76.8. The van der Waals surface area contributed by atoms with Crippen molar-refractivity contribution in [1.29, 1.82) is 0 Å². The molecule has 0 aromatic carbocycles. The number of amides is 3. The van der Waals surface area contributed by atoms with Gasteiger partial charge < -0.3 is 16.0 Å². The number of hydrogen-bond acceptors (Lipinski definition) is 5.